The van der Waals surface area contributed by atoms with Gasteiger partial charge in [-0.15, -0.1) is 0 Å². The van der Waals surface area contributed by atoms with Crippen LogP contribution in [0.15, 0.2) is 36.7 Å². The third-order valence-electron chi connectivity index (χ3n) is 5.57. The topological polar surface area (TPSA) is 60.2 Å². The van der Waals surface area contributed by atoms with Gasteiger partial charge in [0.2, 0.25) is 5.91 Å². The highest BCUT2D eigenvalue weighted by Gasteiger charge is 2.41. The van der Waals surface area contributed by atoms with Crippen LogP contribution < -0.4 is 0 Å². The van der Waals surface area contributed by atoms with Crippen LogP contribution in [0.3, 0.4) is 0 Å². The number of hydrogen-bond acceptors (Lipinski definition) is 4. The van der Waals surface area contributed by atoms with Gasteiger partial charge in [0.25, 0.3) is 6.43 Å². The minimum atomic E-state index is -2.91. The Bertz CT molecular complexity index is 1100. The Kier molecular flexibility index (Phi) is 4.27. The standard InChI is InChI=1S/C20H17F3N4O2/c21-16-2-1-11(3-15(16)20(22)23)12-4-18-17(24-6-12)7-25-27(18)9-19(28)26-8-14-5-13(26)10-29-14/h1-4,6-7,13-14,20H,5,8-10H2/t13-,14-/m1/s1. The molecule has 0 spiro atoms. The average Bonchev–Trinajstić information content (AvgIpc) is 3.44. The number of nitrogens with zero attached hydrogens (tertiary/aromatic N) is 4. The Hall–Kier alpha value is -2.94. The largest absolute Gasteiger partial charge is 0.374 e. The van der Waals surface area contributed by atoms with E-state index in [1.165, 1.54) is 12.3 Å². The van der Waals surface area contributed by atoms with E-state index in [4.69, 9.17) is 4.74 Å². The van der Waals surface area contributed by atoms with Crippen molar-refractivity contribution in [2.75, 3.05) is 13.2 Å². The molecule has 2 aliphatic rings. The first-order chi connectivity index (χ1) is 14.0. The van der Waals surface area contributed by atoms with E-state index >= 15 is 0 Å². The summed E-state index contributed by atoms with van der Waals surface area (Å²) in [6.07, 6.45) is 1.16. The van der Waals surface area contributed by atoms with Crippen LogP contribution in [-0.4, -0.2) is 50.9 Å². The van der Waals surface area contributed by atoms with E-state index in [0.29, 0.717) is 35.3 Å². The fourth-order valence-corrected chi connectivity index (χ4v) is 4.05. The third kappa shape index (κ3) is 3.15. The van der Waals surface area contributed by atoms with Crippen molar-refractivity contribution in [1.82, 2.24) is 19.7 Å². The summed E-state index contributed by atoms with van der Waals surface area (Å²) >= 11 is 0. The molecule has 5 rings (SSSR count). The fraction of sp³-hybridized carbons (Fsp3) is 0.350. The van der Waals surface area contributed by atoms with E-state index in [1.54, 1.807) is 16.9 Å². The number of pyridine rings is 1. The lowest BCUT2D eigenvalue weighted by atomic mass is 10.0. The molecule has 0 saturated carbocycles. The van der Waals surface area contributed by atoms with Gasteiger partial charge in [0.1, 0.15) is 17.9 Å². The molecule has 1 amide bonds. The van der Waals surface area contributed by atoms with Crippen LogP contribution >= 0.6 is 0 Å². The van der Waals surface area contributed by atoms with Gasteiger partial charge in [-0.05, 0) is 30.2 Å². The van der Waals surface area contributed by atoms with Crippen LogP contribution in [0, 0.1) is 5.82 Å². The average molecular weight is 402 g/mol. The third-order valence-corrected chi connectivity index (χ3v) is 5.57. The number of likely N-dealkylation sites (tertiary alicyclic amines) is 1. The predicted molar refractivity (Wildman–Crippen MR) is 97.7 cm³/mol. The molecule has 6 nitrogen and oxygen atoms in total. The lowest BCUT2D eigenvalue weighted by Crippen LogP contribution is -2.43. The maximum absolute atomic E-state index is 13.6. The molecule has 2 saturated heterocycles. The first kappa shape index (κ1) is 18.1. The zero-order valence-electron chi connectivity index (χ0n) is 15.3. The Morgan fingerprint density at radius 3 is 2.83 bits per heavy atom. The van der Waals surface area contributed by atoms with E-state index in [-0.39, 0.29) is 24.6 Å². The molecule has 2 atom stereocenters. The number of hydrogen-bond donors (Lipinski definition) is 0. The number of benzene rings is 1. The van der Waals surface area contributed by atoms with Crippen molar-refractivity contribution in [3.8, 4) is 11.1 Å². The summed E-state index contributed by atoms with van der Waals surface area (Å²) in [5.74, 6) is -0.990. The number of carbonyl (C=O) groups excluding carboxylic acids is 1. The van der Waals surface area contributed by atoms with Crippen LogP contribution in [0.4, 0.5) is 13.2 Å². The zero-order valence-corrected chi connectivity index (χ0v) is 15.3. The molecule has 150 valence electrons. The fourth-order valence-electron chi connectivity index (χ4n) is 4.05. The summed E-state index contributed by atoms with van der Waals surface area (Å²) in [6, 6.07) is 5.42. The second kappa shape index (κ2) is 6.84. The molecule has 3 aromatic rings. The second-order valence-corrected chi connectivity index (χ2v) is 7.36. The number of aromatic nitrogens is 3. The van der Waals surface area contributed by atoms with E-state index in [1.807, 2.05) is 4.90 Å². The number of carbonyl (C=O) groups is 1. The van der Waals surface area contributed by atoms with Crippen LogP contribution in [-0.2, 0) is 16.1 Å². The molecule has 0 radical (unpaired) electrons. The molecule has 0 aliphatic carbocycles. The smallest absolute Gasteiger partial charge is 0.266 e. The van der Waals surface area contributed by atoms with Gasteiger partial charge >= 0.3 is 0 Å². The van der Waals surface area contributed by atoms with Gasteiger partial charge in [0.15, 0.2) is 0 Å². The summed E-state index contributed by atoms with van der Waals surface area (Å²) < 4.78 is 46.7. The molecule has 0 unspecified atom stereocenters. The molecular formula is C20H17F3N4O2. The minimum absolute atomic E-state index is 0.0435. The Morgan fingerprint density at radius 1 is 1.24 bits per heavy atom. The molecule has 2 aliphatic heterocycles. The van der Waals surface area contributed by atoms with Crippen molar-refractivity contribution in [3.05, 3.63) is 48.0 Å². The van der Waals surface area contributed by atoms with Gasteiger partial charge in [0, 0.05) is 18.3 Å². The van der Waals surface area contributed by atoms with Crippen molar-refractivity contribution in [3.63, 3.8) is 0 Å². The van der Waals surface area contributed by atoms with Crippen LogP contribution in [0.5, 0.6) is 0 Å². The maximum atomic E-state index is 13.6. The van der Waals surface area contributed by atoms with Crippen molar-refractivity contribution in [2.45, 2.75) is 31.5 Å². The van der Waals surface area contributed by atoms with Crippen LogP contribution in [0.2, 0.25) is 0 Å². The molecule has 0 N–H and O–H groups in total. The molecule has 4 heterocycles. The zero-order chi connectivity index (χ0) is 20.1. The molecule has 2 fully saturated rings. The normalized spacial score (nSPS) is 20.9. The van der Waals surface area contributed by atoms with Gasteiger partial charge in [-0.1, -0.05) is 6.07 Å². The van der Waals surface area contributed by atoms with Crippen molar-refractivity contribution in [1.29, 1.82) is 0 Å². The number of alkyl halides is 2. The number of morpholine rings is 1. The summed E-state index contributed by atoms with van der Waals surface area (Å²) in [7, 11) is 0. The Balaban J connectivity index is 1.45. The lowest BCUT2D eigenvalue weighted by molar-refractivity contribution is -0.136. The number of halogens is 3. The first-order valence-corrected chi connectivity index (χ1v) is 9.30. The highest BCUT2D eigenvalue weighted by molar-refractivity contribution is 5.83. The van der Waals surface area contributed by atoms with E-state index < -0.39 is 17.8 Å². The monoisotopic (exact) mass is 402 g/mol. The Labute approximate surface area is 163 Å². The lowest BCUT2D eigenvalue weighted by Gasteiger charge is -2.26. The van der Waals surface area contributed by atoms with Crippen molar-refractivity contribution in [2.24, 2.45) is 0 Å². The van der Waals surface area contributed by atoms with Crippen molar-refractivity contribution < 1.29 is 22.7 Å². The minimum Gasteiger partial charge on any atom is -0.374 e. The SMILES string of the molecule is O=C(Cn1ncc2ncc(-c3ccc(F)c(C(F)F)c3)cc21)N1C[C@H]2C[C@@H]1CO2. The highest BCUT2D eigenvalue weighted by Crippen LogP contribution is 2.30. The highest BCUT2D eigenvalue weighted by atomic mass is 19.3. The summed E-state index contributed by atoms with van der Waals surface area (Å²) in [5, 5.41) is 4.26. The predicted octanol–water partition coefficient (Wildman–Crippen LogP) is 3.17. The molecule has 29 heavy (non-hydrogen) atoms. The van der Waals surface area contributed by atoms with E-state index in [0.717, 1.165) is 18.6 Å². The molecule has 2 aromatic heterocycles. The van der Waals surface area contributed by atoms with Crippen LogP contribution in [0.25, 0.3) is 22.2 Å². The molecular weight excluding hydrogens is 385 g/mol. The van der Waals surface area contributed by atoms with E-state index in [9.17, 15) is 18.0 Å². The molecule has 9 heteroatoms. The number of amides is 1. The van der Waals surface area contributed by atoms with Crippen LogP contribution in [0.1, 0.15) is 18.4 Å². The van der Waals surface area contributed by atoms with Gasteiger partial charge in [0.05, 0.1) is 36.0 Å². The maximum Gasteiger partial charge on any atom is 0.266 e. The first-order valence-electron chi connectivity index (χ1n) is 9.30. The number of fused-ring (bicyclic) bond motifs is 3. The van der Waals surface area contributed by atoms with E-state index in [2.05, 4.69) is 10.1 Å². The quantitative estimate of drug-likeness (QED) is 0.673. The van der Waals surface area contributed by atoms with Gasteiger partial charge in [-0.2, -0.15) is 5.10 Å². The van der Waals surface area contributed by atoms with Gasteiger partial charge in [-0.3, -0.25) is 14.5 Å². The second-order valence-electron chi connectivity index (χ2n) is 7.36. The number of rotatable bonds is 4. The summed E-state index contributed by atoms with van der Waals surface area (Å²) in [4.78, 5) is 18.9. The van der Waals surface area contributed by atoms with Gasteiger partial charge in [-0.25, -0.2) is 13.2 Å². The molecule has 2 bridgehead atoms. The van der Waals surface area contributed by atoms with Gasteiger partial charge < -0.3 is 9.64 Å². The Morgan fingerprint density at radius 2 is 2.10 bits per heavy atom. The van der Waals surface area contributed by atoms with Crippen molar-refractivity contribution >= 4 is 16.9 Å². The molecule has 1 aromatic carbocycles. The summed E-state index contributed by atoms with van der Waals surface area (Å²) in [5.41, 5.74) is 1.51. The summed E-state index contributed by atoms with van der Waals surface area (Å²) in [6.45, 7) is 1.22. The number of ether oxygens (including phenoxy) is 1.